The van der Waals surface area contributed by atoms with Crippen molar-refractivity contribution in [2.45, 2.75) is 24.8 Å². The molecule has 3 N–H and O–H groups in total. The second-order valence-corrected chi connectivity index (χ2v) is 4.92. The van der Waals surface area contributed by atoms with Crippen molar-refractivity contribution in [2.24, 2.45) is 0 Å². The lowest BCUT2D eigenvalue weighted by Crippen LogP contribution is -2.09. The molecule has 0 atom stereocenters. The van der Waals surface area contributed by atoms with E-state index in [0.717, 1.165) is 21.4 Å². The molecule has 0 aliphatic heterocycles. The van der Waals surface area contributed by atoms with Crippen LogP contribution in [0.25, 0.3) is 10.8 Å². The normalized spacial score (nSPS) is 11.1. The smallest absolute Gasteiger partial charge is 0.125 e. The standard InChI is InChI=1S/C13H15NO2S/c1-8(2)14-10-5-9-6-11(17-16)3-4-12(9)13(15)7-10/h3-8,14-16H,1-2H3. The lowest BCUT2D eigenvalue weighted by atomic mass is 10.1. The Hall–Kier alpha value is -1.39. The van der Waals surface area contributed by atoms with Crippen molar-refractivity contribution < 1.29 is 9.66 Å². The molecular weight excluding hydrogens is 234 g/mol. The Morgan fingerprint density at radius 2 is 1.94 bits per heavy atom. The van der Waals surface area contributed by atoms with Crippen molar-refractivity contribution in [3.8, 4) is 5.75 Å². The number of rotatable bonds is 3. The molecule has 0 saturated carbocycles. The highest BCUT2D eigenvalue weighted by molar-refractivity contribution is 7.93. The van der Waals surface area contributed by atoms with Gasteiger partial charge in [-0.15, -0.1) is 0 Å². The number of fused-ring (bicyclic) bond motifs is 1. The summed E-state index contributed by atoms with van der Waals surface area (Å²) in [4.78, 5) is 0.763. The van der Waals surface area contributed by atoms with Crippen LogP contribution in [0.5, 0.6) is 5.75 Å². The molecule has 0 aromatic heterocycles. The third-order valence-corrected chi connectivity index (χ3v) is 2.93. The minimum absolute atomic E-state index is 0.250. The van der Waals surface area contributed by atoms with Crippen LogP contribution in [-0.2, 0) is 0 Å². The number of anilines is 1. The first kappa shape index (κ1) is 12.1. The van der Waals surface area contributed by atoms with Crippen LogP contribution < -0.4 is 5.32 Å². The first-order valence-electron chi connectivity index (χ1n) is 5.45. The van der Waals surface area contributed by atoms with Crippen LogP contribution in [0.1, 0.15) is 13.8 Å². The zero-order valence-corrected chi connectivity index (χ0v) is 10.6. The summed E-state index contributed by atoms with van der Waals surface area (Å²) in [6.07, 6.45) is 0. The Labute approximate surface area is 105 Å². The van der Waals surface area contributed by atoms with Gasteiger partial charge < -0.3 is 15.0 Å². The van der Waals surface area contributed by atoms with Crippen molar-refractivity contribution in [3.05, 3.63) is 30.3 Å². The molecule has 3 nitrogen and oxygen atoms in total. The number of phenolic OH excluding ortho intramolecular Hbond substituents is 1. The molecule has 0 spiro atoms. The summed E-state index contributed by atoms with van der Waals surface area (Å²) in [5.41, 5.74) is 0.880. The zero-order valence-electron chi connectivity index (χ0n) is 9.77. The summed E-state index contributed by atoms with van der Waals surface area (Å²) < 4.78 is 9.02. The molecule has 0 aliphatic rings. The fourth-order valence-electron chi connectivity index (χ4n) is 1.80. The van der Waals surface area contributed by atoms with Gasteiger partial charge in [0.05, 0.1) is 0 Å². The fourth-order valence-corrected chi connectivity index (χ4v) is 2.11. The van der Waals surface area contributed by atoms with Crippen LogP contribution in [0.4, 0.5) is 5.69 Å². The highest BCUT2D eigenvalue weighted by Gasteiger charge is 2.05. The van der Waals surface area contributed by atoms with Gasteiger partial charge in [0.25, 0.3) is 0 Å². The van der Waals surface area contributed by atoms with E-state index in [2.05, 4.69) is 5.32 Å². The van der Waals surface area contributed by atoms with E-state index < -0.39 is 0 Å². The molecule has 2 aromatic rings. The average molecular weight is 249 g/mol. The van der Waals surface area contributed by atoms with E-state index in [1.807, 2.05) is 32.0 Å². The highest BCUT2D eigenvalue weighted by atomic mass is 32.2. The first-order chi connectivity index (χ1) is 8.10. The Balaban J connectivity index is 2.53. The van der Waals surface area contributed by atoms with Gasteiger partial charge in [-0.25, -0.2) is 0 Å². The van der Waals surface area contributed by atoms with Crippen molar-refractivity contribution >= 4 is 28.5 Å². The van der Waals surface area contributed by atoms with Crippen LogP contribution in [0, 0.1) is 0 Å². The summed E-state index contributed by atoms with van der Waals surface area (Å²) in [5.74, 6) is 0.250. The van der Waals surface area contributed by atoms with Gasteiger partial charge in [-0.3, -0.25) is 0 Å². The number of phenols is 1. The third-order valence-electron chi connectivity index (χ3n) is 2.46. The molecule has 0 radical (unpaired) electrons. The van der Waals surface area contributed by atoms with Gasteiger partial charge in [0.2, 0.25) is 0 Å². The second kappa shape index (κ2) is 4.85. The maximum absolute atomic E-state index is 9.92. The summed E-state index contributed by atoms with van der Waals surface area (Å²) in [5, 5.41) is 14.9. The molecule has 2 aromatic carbocycles. The average Bonchev–Trinajstić information content (AvgIpc) is 2.27. The number of benzene rings is 2. The minimum Gasteiger partial charge on any atom is -0.507 e. The highest BCUT2D eigenvalue weighted by Crippen LogP contribution is 2.31. The van der Waals surface area contributed by atoms with Crippen molar-refractivity contribution in [2.75, 3.05) is 5.32 Å². The zero-order chi connectivity index (χ0) is 12.4. The predicted molar refractivity (Wildman–Crippen MR) is 72.9 cm³/mol. The number of hydrogen-bond acceptors (Lipinski definition) is 4. The van der Waals surface area contributed by atoms with Gasteiger partial charge in [-0.1, -0.05) is 0 Å². The Morgan fingerprint density at radius 3 is 2.59 bits per heavy atom. The Kier molecular flexibility index (Phi) is 3.45. The number of aromatic hydroxyl groups is 1. The Bertz CT molecular complexity index is 540. The molecule has 90 valence electrons. The van der Waals surface area contributed by atoms with Gasteiger partial charge >= 0.3 is 0 Å². The molecule has 4 heteroatoms. The maximum atomic E-state index is 9.92. The van der Waals surface area contributed by atoms with Crippen LogP contribution in [0.2, 0.25) is 0 Å². The SMILES string of the molecule is CC(C)Nc1cc(O)c2ccc(SO)cc2c1. The van der Waals surface area contributed by atoms with Crippen molar-refractivity contribution in [3.63, 3.8) is 0 Å². The summed E-state index contributed by atoms with van der Waals surface area (Å²) in [6.45, 7) is 4.09. The van der Waals surface area contributed by atoms with E-state index in [1.54, 1.807) is 12.1 Å². The molecule has 17 heavy (non-hydrogen) atoms. The van der Waals surface area contributed by atoms with Gasteiger partial charge in [-0.2, -0.15) is 0 Å². The molecule has 0 heterocycles. The number of hydrogen-bond donors (Lipinski definition) is 3. The van der Waals surface area contributed by atoms with Crippen LogP contribution in [-0.4, -0.2) is 15.7 Å². The van der Waals surface area contributed by atoms with Gasteiger partial charge in [0.1, 0.15) is 5.75 Å². The van der Waals surface area contributed by atoms with E-state index in [-0.39, 0.29) is 5.75 Å². The maximum Gasteiger partial charge on any atom is 0.125 e. The van der Waals surface area contributed by atoms with Crippen LogP contribution in [0.15, 0.2) is 35.2 Å². The molecule has 0 fully saturated rings. The topological polar surface area (TPSA) is 52.5 Å². The van der Waals surface area contributed by atoms with Gasteiger partial charge in [0, 0.05) is 40.1 Å². The quantitative estimate of drug-likeness (QED) is 0.721. The van der Waals surface area contributed by atoms with E-state index in [4.69, 9.17) is 4.55 Å². The number of nitrogens with one attached hydrogen (secondary N) is 1. The lowest BCUT2D eigenvalue weighted by Gasteiger charge is -2.12. The van der Waals surface area contributed by atoms with E-state index >= 15 is 0 Å². The summed E-state index contributed by atoms with van der Waals surface area (Å²) in [6, 6.07) is 9.43. The van der Waals surface area contributed by atoms with Crippen LogP contribution in [0.3, 0.4) is 0 Å². The molecular formula is C13H15NO2S. The van der Waals surface area contributed by atoms with Crippen LogP contribution >= 0.6 is 12.0 Å². The molecule has 0 aliphatic carbocycles. The monoisotopic (exact) mass is 249 g/mol. The van der Waals surface area contributed by atoms with Crippen molar-refractivity contribution in [1.82, 2.24) is 0 Å². The first-order valence-corrected chi connectivity index (χ1v) is 6.22. The lowest BCUT2D eigenvalue weighted by molar-refractivity contribution is 0.482. The molecule has 0 unspecified atom stereocenters. The molecule has 0 amide bonds. The molecule has 2 rings (SSSR count). The molecule has 0 bridgehead atoms. The summed E-state index contributed by atoms with van der Waals surface area (Å²) >= 11 is 0.707. The largest absolute Gasteiger partial charge is 0.507 e. The van der Waals surface area contributed by atoms with E-state index in [1.165, 1.54) is 0 Å². The van der Waals surface area contributed by atoms with E-state index in [9.17, 15) is 5.11 Å². The van der Waals surface area contributed by atoms with Crippen molar-refractivity contribution in [1.29, 1.82) is 0 Å². The second-order valence-electron chi connectivity index (χ2n) is 4.27. The van der Waals surface area contributed by atoms with Gasteiger partial charge in [-0.05, 0) is 43.5 Å². The van der Waals surface area contributed by atoms with E-state index in [0.29, 0.717) is 18.1 Å². The fraction of sp³-hybridized carbons (Fsp3) is 0.231. The third kappa shape index (κ3) is 2.65. The van der Waals surface area contributed by atoms with Gasteiger partial charge in [0.15, 0.2) is 0 Å². The minimum atomic E-state index is 0.250. The predicted octanol–water partition coefficient (Wildman–Crippen LogP) is 3.93. The Morgan fingerprint density at radius 1 is 1.18 bits per heavy atom. The molecule has 0 saturated heterocycles. The summed E-state index contributed by atoms with van der Waals surface area (Å²) in [7, 11) is 0.